The Hall–Kier alpha value is -2.22. The largest absolute Gasteiger partial charge is 0.340 e. The number of hydrogen-bond acceptors (Lipinski definition) is 6. The lowest BCUT2D eigenvalue weighted by atomic mass is 10.1. The van der Waals surface area contributed by atoms with E-state index in [2.05, 4.69) is 34.2 Å². The fourth-order valence-corrected chi connectivity index (χ4v) is 3.55. The van der Waals surface area contributed by atoms with Crippen molar-refractivity contribution in [3.05, 3.63) is 28.3 Å². The summed E-state index contributed by atoms with van der Waals surface area (Å²) in [4.78, 5) is 16.9. The summed E-state index contributed by atoms with van der Waals surface area (Å²) in [6.07, 6.45) is 1.31. The predicted molar refractivity (Wildman–Crippen MR) is 96.6 cm³/mol. The van der Waals surface area contributed by atoms with Crippen molar-refractivity contribution < 1.29 is 9.42 Å². The first-order valence-electron chi connectivity index (χ1n) is 9.30. The summed E-state index contributed by atoms with van der Waals surface area (Å²) in [5.41, 5.74) is 5.15. The lowest BCUT2D eigenvalue weighted by Crippen LogP contribution is -2.48. The van der Waals surface area contributed by atoms with Gasteiger partial charge in [-0.05, 0) is 39.7 Å². The molecule has 0 aliphatic carbocycles. The predicted octanol–water partition coefficient (Wildman–Crippen LogP) is 1.49. The van der Waals surface area contributed by atoms with Crippen LogP contribution in [0.2, 0.25) is 0 Å². The number of carbonyl (C=O) groups is 1. The molecular weight excluding hydrogens is 332 g/mol. The van der Waals surface area contributed by atoms with Gasteiger partial charge in [0.2, 0.25) is 5.91 Å². The molecule has 2 aromatic heterocycles. The van der Waals surface area contributed by atoms with E-state index in [9.17, 15) is 4.79 Å². The first-order valence-corrected chi connectivity index (χ1v) is 9.30. The van der Waals surface area contributed by atoms with Gasteiger partial charge in [-0.25, -0.2) is 4.63 Å². The average Bonchev–Trinajstić information content (AvgIpc) is 3.16. The molecule has 0 bridgehead atoms. The van der Waals surface area contributed by atoms with Crippen LogP contribution in [0.25, 0.3) is 0 Å². The molecule has 1 saturated heterocycles. The van der Waals surface area contributed by atoms with Crippen LogP contribution in [0.5, 0.6) is 0 Å². The van der Waals surface area contributed by atoms with Gasteiger partial charge in [-0.2, -0.15) is 5.10 Å². The molecule has 1 aliphatic heterocycles. The molecule has 0 radical (unpaired) electrons. The Morgan fingerprint density at radius 3 is 2.38 bits per heavy atom. The molecule has 1 aliphatic rings. The number of rotatable bonds is 6. The molecule has 0 atom stereocenters. The van der Waals surface area contributed by atoms with Crippen LogP contribution < -0.4 is 0 Å². The number of amides is 1. The molecule has 1 amide bonds. The van der Waals surface area contributed by atoms with Gasteiger partial charge in [-0.1, -0.05) is 10.3 Å². The smallest absolute Gasteiger partial charge is 0.222 e. The second kappa shape index (κ2) is 7.99. The quantitative estimate of drug-likeness (QED) is 0.776. The minimum Gasteiger partial charge on any atom is -0.340 e. The van der Waals surface area contributed by atoms with Crippen molar-refractivity contribution in [3.63, 3.8) is 0 Å². The van der Waals surface area contributed by atoms with Gasteiger partial charge >= 0.3 is 0 Å². The van der Waals surface area contributed by atoms with Gasteiger partial charge in [-0.3, -0.25) is 14.4 Å². The van der Waals surface area contributed by atoms with Gasteiger partial charge in [0.15, 0.2) is 0 Å². The van der Waals surface area contributed by atoms with Crippen LogP contribution in [-0.2, 0) is 24.3 Å². The van der Waals surface area contributed by atoms with Gasteiger partial charge in [0, 0.05) is 51.4 Å². The molecule has 142 valence electrons. The Balaban J connectivity index is 1.48. The fourth-order valence-electron chi connectivity index (χ4n) is 3.55. The van der Waals surface area contributed by atoms with E-state index >= 15 is 0 Å². The molecule has 8 nitrogen and oxygen atoms in total. The third-order valence-corrected chi connectivity index (χ3v) is 5.26. The first kappa shape index (κ1) is 18.6. The molecule has 1 fully saturated rings. The van der Waals surface area contributed by atoms with Gasteiger partial charge < -0.3 is 4.90 Å². The molecule has 0 N–H and O–H groups in total. The van der Waals surface area contributed by atoms with Crippen LogP contribution in [0, 0.1) is 20.8 Å². The highest BCUT2D eigenvalue weighted by molar-refractivity contribution is 5.76. The SMILES string of the molecule is CCn1nc(C)c(CCC(=O)N2CCN(Cc3nonc3C)CC2)c1C. The van der Waals surface area contributed by atoms with E-state index in [1.807, 2.05) is 23.4 Å². The Morgan fingerprint density at radius 2 is 1.81 bits per heavy atom. The molecule has 0 aromatic carbocycles. The van der Waals surface area contributed by atoms with E-state index in [4.69, 9.17) is 4.63 Å². The topological polar surface area (TPSA) is 80.3 Å². The van der Waals surface area contributed by atoms with E-state index < -0.39 is 0 Å². The number of piperazine rings is 1. The number of aromatic nitrogens is 4. The lowest BCUT2D eigenvalue weighted by molar-refractivity contribution is -0.133. The van der Waals surface area contributed by atoms with Crippen LogP contribution in [0.3, 0.4) is 0 Å². The number of nitrogens with zero attached hydrogens (tertiary/aromatic N) is 6. The van der Waals surface area contributed by atoms with Crippen molar-refractivity contribution in [2.75, 3.05) is 26.2 Å². The van der Waals surface area contributed by atoms with E-state index in [0.717, 1.165) is 62.8 Å². The van der Waals surface area contributed by atoms with Crippen molar-refractivity contribution in [1.82, 2.24) is 29.9 Å². The Kier molecular flexibility index (Phi) is 5.70. The Morgan fingerprint density at radius 1 is 1.08 bits per heavy atom. The van der Waals surface area contributed by atoms with Gasteiger partial charge in [0.05, 0.1) is 5.69 Å². The minimum atomic E-state index is 0.229. The molecule has 3 rings (SSSR count). The molecule has 2 aromatic rings. The van der Waals surface area contributed by atoms with Crippen molar-refractivity contribution in [2.45, 2.75) is 53.6 Å². The second-order valence-electron chi connectivity index (χ2n) is 6.92. The fraction of sp³-hybridized carbons (Fsp3) is 0.667. The van der Waals surface area contributed by atoms with Crippen LogP contribution in [-0.4, -0.2) is 62.0 Å². The average molecular weight is 360 g/mol. The van der Waals surface area contributed by atoms with Gasteiger partial charge in [0.25, 0.3) is 0 Å². The first-order chi connectivity index (χ1) is 12.5. The summed E-state index contributed by atoms with van der Waals surface area (Å²) in [5.74, 6) is 0.229. The molecular formula is C18H28N6O2. The van der Waals surface area contributed by atoms with Crippen LogP contribution in [0.1, 0.15) is 41.7 Å². The Bertz CT molecular complexity index is 758. The normalized spacial score (nSPS) is 15.6. The highest BCUT2D eigenvalue weighted by Gasteiger charge is 2.23. The molecule has 0 saturated carbocycles. The third-order valence-electron chi connectivity index (χ3n) is 5.26. The highest BCUT2D eigenvalue weighted by atomic mass is 16.6. The molecule has 8 heteroatoms. The van der Waals surface area contributed by atoms with E-state index in [0.29, 0.717) is 6.42 Å². The summed E-state index contributed by atoms with van der Waals surface area (Å²) in [7, 11) is 0. The number of aryl methyl sites for hydroxylation is 3. The number of carbonyl (C=O) groups excluding carboxylic acids is 1. The zero-order valence-electron chi connectivity index (χ0n) is 16.2. The zero-order valence-corrected chi connectivity index (χ0v) is 16.2. The summed E-state index contributed by atoms with van der Waals surface area (Å²) < 4.78 is 6.76. The van der Waals surface area contributed by atoms with Gasteiger partial charge in [0.1, 0.15) is 11.4 Å². The minimum absolute atomic E-state index is 0.229. The summed E-state index contributed by atoms with van der Waals surface area (Å²) >= 11 is 0. The zero-order chi connectivity index (χ0) is 18.7. The van der Waals surface area contributed by atoms with E-state index in [1.54, 1.807) is 0 Å². The monoisotopic (exact) mass is 360 g/mol. The van der Waals surface area contributed by atoms with Crippen LogP contribution >= 0.6 is 0 Å². The van der Waals surface area contributed by atoms with Crippen molar-refractivity contribution >= 4 is 5.91 Å². The second-order valence-corrected chi connectivity index (χ2v) is 6.92. The Labute approximate surface area is 154 Å². The van der Waals surface area contributed by atoms with Crippen LogP contribution in [0.4, 0.5) is 0 Å². The van der Waals surface area contributed by atoms with Crippen molar-refractivity contribution in [3.8, 4) is 0 Å². The summed E-state index contributed by atoms with van der Waals surface area (Å²) in [5, 5.41) is 12.3. The summed E-state index contributed by atoms with van der Waals surface area (Å²) in [6.45, 7) is 12.9. The molecule has 0 unspecified atom stereocenters. The van der Waals surface area contributed by atoms with Gasteiger partial charge in [-0.15, -0.1) is 0 Å². The number of hydrogen-bond donors (Lipinski definition) is 0. The summed E-state index contributed by atoms with van der Waals surface area (Å²) in [6, 6.07) is 0. The van der Waals surface area contributed by atoms with Crippen LogP contribution in [0.15, 0.2) is 4.63 Å². The van der Waals surface area contributed by atoms with Crippen molar-refractivity contribution in [1.29, 1.82) is 0 Å². The lowest BCUT2D eigenvalue weighted by Gasteiger charge is -2.34. The third kappa shape index (κ3) is 3.95. The van der Waals surface area contributed by atoms with Crippen molar-refractivity contribution in [2.24, 2.45) is 0 Å². The highest BCUT2D eigenvalue weighted by Crippen LogP contribution is 2.16. The molecule has 0 spiro atoms. The maximum atomic E-state index is 12.6. The molecule has 3 heterocycles. The van der Waals surface area contributed by atoms with E-state index in [1.165, 1.54) is 11.3 Å². The maximum absolute atomic E-state index is 12.6. The maximum Gasteiger partial charge on any atom is 0.222 e. The molecule has 26 heavy (non-hydrogen) atoms. The standard InChI is InChI=1S/C18H28N6O2/c1-5-24-15(4)16(13(2)19-24)6-7-18(25)23-10-8-22(9-11-23)12-17-14(3)20-26-21-17/h5-12H2,1-4H3. The van der Waals surface area contributed by atoms with E-state index in [-0.39, 0.29) is 5.91 Å².